The maximum absolute atomic E-state index is 11.7. The van der Waals surface area contributed by atoms with Crippen LogP contribution < -0.4 is 4.90 Å². The van der Waals surface area contributed by atoms with Crippen molar-refractivity contribution in [1.29, 1.82) is 0 Å². The molecular weight excluding hydrogens is 336 g/mol. The van der Waals surface area contributed by atoms with Gasteiger partial charge >= 0.3 is 5.97 Å². The van der Waals surface area contributed by atoms with Crippen LogP contribution in [-0.4, -0.2) is 24.5 Å². The van der Waals surface area contributed by atoms with E-state index in [9.17, 15) is 14.9 Å². The van der Waals surface area contributed by atoms with Crippen LogP contribution in [-0.2, 0) is 4.74 Å². The SMILES string of the molecule is COC(=O)c1cc([N+](=O)[O-])c(N2CCCC2c2ccco2)cc1Cl. The molecule has 0 bridgehead atoms. The monoisotopic (exact) mass is 350 g/mol. The van der Waals surface area contributed by atoms with Crippen LogP contribution in [0.1, 0.15) is 35.0 Å². The van der Waals surface area contributed by atoms with E-state index in [1.807, 2.05) is 11.0 Å². The number of hydrogen-bond acceptors (Lipinski definition) is 6. The smallest absolute Gasteiger partial charge is 0.339 e. The Hall–Kier alpha value is -2.54. The lowest BCUT2D eigenvalue weighted by Gasteiger charge is -2.25. The van der Waals surface area contributed by atoms with E-state index >= 15 is 0 Å². The van der Waals surface area contributed by atoms with Crippen molar-refractivity contribution in [3.8, 4) is 0 Å². The maximum Gasteiger partial charge on any atom is 0.339 e. The summed E-state index contributed by atoms with van der Waals surface area (Å²) in [7, 11) is 1.20. The van der Waals surface area contributed by atoms with Crippen molar-refractivity contribution in [3.63, 3.8) is 0 Å². The molecule has 7 nitrogen and oxygen atoms in total. The van der Waals surface area contributed by atoms with Crippen LogP contribution in [0.15, 0.2) is 34.9 Å². The Morgan fingerprint density at radius 2 is 2.29 bits per heavy atom. The lowest BCUT2D eigenvalue weighted by Crippen LogP contribution is -2.23. The van der Waals surface area contributed by atoms with E-state index in [0.717, 1.165) is 18.6 Å². The summed E-state index contributed by atoms with van der Waals surface area (Å²) in [6.07, 6.45) is 3.27. The zero-order chi connectivity index (χ0) is 17.3. The molecule has 3 rings (SSSR count). The van der Waals surface area contributed by atoms with Crippen molar-refractivity contribution in [2.45, 2.75) is 18.9 Å². The minimum absolute atomic E-state index is 0.0247. The Balaban J connectivity index is 2.08. The van der Waals surface area contributed by atoms with Gasteiger partial charge in [0, 0.05) is 12.6 Å². The average Bonchev–Trinajstić information content (AvgIpc) is 3.24. The number of halogens is 1. The Labute approximate surface area is 142 Å². The number of rotatable bonds is 4. The molecule has 0 aliphatic carbocycles. The van der Waals surface area contributed by atoms with Crippen LogP contribution in [0.4, 0.5) is 11.4 Å². The predicted octanol–water partition coefficient (Wildman–Crippen LogP) is 3.97. The highest BCUT2D eigenvalue weighted by Gasteiger charge is 2.34. The number of methoxy groups -OCH3 is 1. The molecule has 1 fully saturated rings. The molecule has 0 radical (unpaired) electrons. The van der Waals surface area contributed by atoms with Gasteiger partial charge in [-0.2, -0.15) is 0 Å². The highest BCUT2D eigenvalue weighted by molar-refractivity contribution is 6.34. The van der Waals surface area contributed by atoms with Gasteiger partial charge in [-0.25, -0.2) is 4.79 Å². The number of hydrogen-bond donors (Lipinski definition) is 0. The van der Waals surface area contributed by atoms with Gasteiger partial charge in [0.1, 0.15) is 11.4 Å². The summed E-state index contributed by atoms with van der Waals surface area (Å²) in [6, 6.07) is 6.15. The standard InChI is InChI=1S/C16H15ClN2O5/c1-23-16(20)10-8-14(19(21)22)13(9-11(10)17)18-6-2-4-12(18)15-5-3-7-24-15/h3,5,7-9,12H,2,4,6H2,1H3. The third-order valence-electron chi connectivity index (χ3n) is 4.10. The first-order valence-electron chi connectivity index (χ1n) is 7.39. The third-order valence-corrected chi connectivity index (χ3v) is 4.41. The van der Waals surface area contributed by atoms with E-state index in [-0.39, 0.29) is 22.3 Å². The number of esters is 1. The average molecular weight is 351 g/mol. The number of nitrogens with zero attached hydrogens (tertiary/aromatic N) is 2. The van der Waals surface area contributed by atoms with Gasteiger partial charge in [-0.15, -0.1) is 0 Å². The molecule has 126 valence electrons. The summed E-state index contributed by atoms with van der Waals surface area (Å²) in [5.41, 5.74) is 0.165. The van der Waals surface area contributed by atoms with Crippen molar-refractivity contribution >= 4 is 28.9 Å². The van der Waals surface area contributed by atoms with Crippen LogP contribution in [0.2, 0.25) is 5.02 Å². The summed E-state index contributed by atoms with van der Waals surface area (Å²) < 4.78 is 10.1. The van der Waals surface area contributed by atoms with E-state index in [2.05, 4.69) is 4.74 Å². The van der Waals surface area contributed by atoms with Crippen molar-refractivity contribution in [2.24, 2.45) is 0 Å². The normalized spacial score (nSPS) is 17.1. The number of nitro benzene ring substituents is 1. The summed E-state index contributed by atoms with van der Waals surface area (Å²) in [5.74, 6) is 0.0358. The molecule has 8 heteroatoms. The van der Waals surface area contributed by atoms with Crippen LogP contribution in [0.5, 0.6) is 0 Å². The first kappa shape index (κ1) is 16.3. The third kappa shape index (κ3) is 2.82. The zero-order valence-electron chi connectivity index (χ0n) is 12.9. The minimum atomic E-state index is -0.710. The van der Waals surface area contributed by atoms with Gasteiger partial charge in [-0.3, -0.25) is 10.1 Å². The number of benzene rings is 1. The number of carbonyl (C=O) groups is 1. The molecule has 0 spiro atoms. The highest BCUT2D eigenvalue weighted by Crippen LogP contribution is 2.42. The second kappa shape index (κ2) is 6.52. The van der Waals surface area contributed by atoms with Gasteiger partial charge in [0.15, 0.2) is 0 Å². The van der Waals surface area contributed by atoms with E-state index in [0.29, 0.717) is 12.2 Å². The molecule has 1 aliphatic heterocycles. The zero-order valence-corrected chi connectivity index (χ0v) is 13.7. The highest BCUT2D eigenvalue weighted by atomic mass is 35.5. The second-order valence-electron chi connectivity index (χ2n) is 5.44. The number of carbonyl (C=O) groups excluding carboxylic acids is 1. The van der Waals surface area contributed by atoms with Gasteiger partial charge in [0.2, 0.25) is 0 Å². The molecule has 1 atom stereocenters. The quantitative estimate of drug-likeness (QED) is 0.471. The molecule has 1 unspecified atom stereocenters. The topological polar surface area (TPSA) is 85.8 Å². The largest absolute Gasteiger partial charge is 0.467 e. The summed E-state index contributed by atoms with van der Waals surface area (Å²) in [6.45, 7) is 0.639. The van der Waals surface area contributed by atoms with Crippen molar-refractivity contribution in [2.75, 3.05) is 18.6 Å². The Bertz CT molecular complexity index is 775. The van der Waals surface area contributed by atoms with Crippen LogP contribution in [0.3, 0.4) is 0 Å². The summed E-state index contributed by atoms with van der Waals surface area (Å²) >= 11 is 6.16. The van der Waals surface area contributed by atoms with Gasteiger partial charge in [0.25, 0.3) is 5.69 Å². The van der Waals surface area contributed by atoms with Gasteiger partial charge in [-0.05, 0) is 31.0 Å². The molecule has 0 amide bonds. The summed E-state index contributed by atoms with van der Waals surface area (Å²) in [4.78, 5) is 24.6. The van der Waals surface area contributed by atoms with E-state index in [1.54, 1.807) is 12.3 Å². The first-order chi connectivity index (χ1) is 11.5. The molecular formula is C16H15ClN2O5. The van der Waals surface area contributed by atoms with E-state index in [1.165, 1.54) is 19.2 Å². The molecule has 2 aromatic rings. The molecule has 2 heterocycles. The van der Waals surface area contributed by atoms with Crippen molar-refractivity contribution < 1.29 is 18.9 Å². The number of ether oxygens (including phenoxy) is 1. The molecule has 0 saturated carbocycles. The number of furan rings is 1. The summed E-state index contributed by atoms with van der Waals surface area (Å²) in [5, 5.41) is 11.6. The second-order valence-corrected chi connectivity index (χ2v) is 5.84. The minimum Gasteiger partial charge on any atom is -0.467 e. The number of anilines is 1. The molecule has 1 aromatic carbocycles. The molecule has 24 heavy (non-hydrogen) atoms. The fourth-order valence-electron chi connectivity index (χ4n) is 3.03. The van der Waals surface area contributed by atoms with Crippen LogP contribution in [0, 0.1) is 10.1 Å². The lowest BCUT2D eigenvalue weighted by molar-refractivity contribution is -0.384. The van der Waals surface area contributed by atoms with Crippen LogP contribution >= 0.6 is 11.6 Å². The Morgan fingerprint density at radius 3 is 2.92 bits per heavy atom. The number of nitro groups is 1. The fraction of sp³-hybridized carbons (Fsp3) is 0.312. The Morgan fingerprint density at radius 1 is 1.50 bits per heavy atom. The van der Waals surface area contributed by atoms with E-state index in [4.69, 9.17) is 16.0 Å². The van der Waals surface area contributed by atoms with Gasteiger partial charge in [-0.1, -0.05) is 11.6 Å². The van der Waals surface area contributed by atoms with Crippen LogP contribution in [0.25, 0.3) is 0 Å². The van der Waals surface area contributed by atoms with Gasteiger partial charge in [0.05, 0.1) is 34.9 Å². The molecule has 0 N–H and O–H groups in total. The predicted molar refractivity (Wildman–Crippen MR) is 87.5 cm³/mol. The van der Waals surface area contributed by atoms with E-state index < -0.39 is 10.9 Å². The lowest BCUT2D eigenvalue weighted by atomic mass is 10.1. The molecule has 1 aliphatic rings. The van der Waals surface area contributed by atoms with Gasteiger partial charge < -0.3 is 14.1 Å². The Kier molecular flexibility index (Phi) is 4.44. The van der Waals surface area contributed by atoms with Crippen molar-refractivity contribution in [3.05, 3.63) is 57.0 Å². The fourth-order valence-corrected chi connectivity index (χ4v) is 3.26. The maximum atomic E-state index is 11.7. The molecule has 1 saturated heterocycles. The first-order valence-corrected chi connectivity index (χ1v) is 7.77. The van der Waals surface area contributed by atoms with Crippen molar-refractivity contribution in [1.82, 2.24) is 0 Å². The molecule has 1 aromatic heterocycles.